The second-order valence-electron chi connectivity index (χ2n) is 4.52. The van der Waals surface area contributed by atoms with E-state index in [9.17, 15) is 4.79 Å². The van der Waals surface area contributed by atoms with Crippen LogP contribution >= 0.6 is 0 Å². The van der Waals surface area contributed by atoms with Gasteiger partial charge in [-0.15, -0.1) is 0 Å². The Morgan fingerprint density at radius 1 is 0.944 bits per heavy atom. The Bertz CT molecular complexity index is 575. The molecule has 2 aromatic rings. The van der Waals surface area contributed by atoms with Gasteiger partial charge in [-0.2, -0.15) is 0 Å². The number of carbonyl (C=O) groups is 1. The number of hydrogen-bond donors (Lipinski definition) is 0. The molecule has 3 rings (SSSR count). The Labute approximate surface area is 106 Å². The maximum absolute atomic E-state index is 12.4. The highest BCUT2D eigenvalue weighted by molar-refractivity contribution is 6.02. The maximum atomic E-state index is 12.4. The molecule has 2 nitrogen and oxygen atoms in total. The monoisotopic (exact) mass is 238 g/mol. The number of ether oxygens (including phenoxy) is 1. The summed E-state index contributed by atoms with van der Waals surface area (Å²) in [6, 6.07) is 17.3. The molecule has 0 bridgehead atoms. The van der Waals surface area contributed by atoms with E-state index in [1.54, 1.807) is 0 Å². The van der Waals surface area contributed by atoms with Gasteiger partial charge in [0, 0.05) is 5.56 Å². The molecule has 1 aliphatic rings. The topological polar surface area (TPSA) is 26.3 Å². The van der Waals surface area contributed by atoms with E-state index in [-0.39, 0.29) is 11.9 Å². The van der Waals surface area contributed by atoms with Crippen molar-refractivity contribution in [2.75, 3.05) is 0 Å². The molecule has 2 unspecified atom stereocenters. The maximum Gasteiger partial charge on any atom is 0.196 e. The third-order valence-electron chi connectivity index (χ3n) is 3.34. The summed E-state index contributed by atoms with van der Waals surface area (Å²) < 4.78 is 5.86. The normalized spacial score (nSPS) is 22.6. The SMILES string of the molecule is CC1OC(c2ccccc2)C(=O)c2ccccc21. The summed E-state index contributed by atoms with van der Waals surface area (Å²) in [5.74, 6) is 0.0508. The highest BCUT2D eigenvalue weighted by atomic mass is 16.5. The molecule has 2 heteroatoms. The van der Waals surface area contributed by atoms with Gasteiger partial charge in [-0.3, -0.25) is 4.79 Å². The molecule has 18 heavy (non-hydrogen) atoms. The van der Waals surface area contributed by atoms with Crippen molar-refractivity contribution in [1.82, 2.24) is 0 Å². The number of carbonyl (C=O) groups excluding carboxylic acids is 1. The summed E-state index contributed by atoms with van der Waals surface area (Å²) in [6.07, 6.45) is -0.528. The molecule has 0 N–H and O–H groups in total. The van der Waals surface area contributed by atoms with Crippen LogP contribution in [0.3, 0.4) is 0 Å². The van der Waals surface area contributed by atoms with E-state index in [1.807, 2.05) is 61.5 Å². The molecule has 2 atom stereocenters. The molecule has 0 fully saturated rings. The van der Waals surface area contributed by atoms with Crippen molar-refractivity contribution in [1.29, 1.82) is 0 Å². The Morgan fingerprint density at radius 2 is 1.61 bits per heavy atom. The molecule has 0 amide bonds. The molecule has 0 aliphatic carbocycles. The minimum Gasteiger partial charge on any atom is -0.358 e. The average molecular weight is 238 g/mol. The van der Waals surface area contributed by atoms with Gasteiger partial charge in [0.25, 0.3) is 0 Å². The first-order valence-electron chi connectivity index (χ1n) is 6.11. The van der Waals surface area contributed by atoms with Gasteiger partial charge >= 0.3 is 0 Å². The molecule has 90 valence electrons. The van der Waals surface area contributed by atoms with E-state index >= 15 is 0 Å². The van der Waals surface area contributed by atoms with Crippen LogP contribution < -0.4 is 0 Å². The van der Waals surface area contributed by atoms with Crippen LogP contribution in [0.5, 0.6) is 0 Å². The van der Waals surface area contributed by atoms with Crippen molar-refractivity contribution < 1.29 is 9.53 Å². The molecule has 1 heterocycles. The summed E-state index contributed by atoms with van der Waals surface area (Å²) in [5, 5.41) is 0. The number of ketones is 1. The molecule has 0 radical (unpaired) electrons. The third kappa shape index (κ3) is 1.75. The first-order valence-corrected chi connectivity index (χ1v) is 6.11. The van der Waals surface area contributed by atoms with Crippen LogP contribution in [0.2, 0.25) is 0 Å². The highest BCUT2D eigenvalue weighted by Crippen LogP contribution is 2.36. The fraction of sp³-hybridized carbons (Fsp3) is 0.188. The molecule has 0 saturated heterocycles. The highest BCUT2D eigenvalue weighted by Gasteiger charge is 2.32. The Balaban J connectivity index is 2.05. The predicted molar refractivity (Wildman–Crippen MR) is 69.5 cm³/mol. The Morgan fingerprint density at radius 3 is 2.39 bits per heavy atom. The van der Waals surface area contributed by atoms with E-state index in [0.29, 0.717) is 0 Å². The van der Waals surface area contributed by atoms with Gasteiger partial charge < -0.3 is 4.74 Å². The van der Waals surface area contributed by atoms with Gasteiger partial charge in [-0.05, 0) is 18.1 Å². The van der Waals surface area contributed by atoms with E-state index < -0.39 is 6.10 Å². The van der Waals surface area contributed by atoms with Crippen LogP contribution in [0.4, 0.5) is 0 Å². The zero-order valence-electron chi connectivity index (χ0n) is 10.2. The molecule has 1 aliphatic heterocycles. The van der Waals surface area contributed by atoms with E-state index in [4.69, 9.17) is 4.74 Å². The standard InChI is InChI=1S/C16H14O2/c1-11-13-9-5-6-10-14(13)15(17)16(18-11)12-7-3-2-4-8-12/h2-11,16H,1H3. The summed E-state index contributed by atoms with van der Waals surface area (Å²) >= 11 is 0. The fourth-order valence-electron chi connectivity index (χ4n) is 2.41. The summed E-state index contributed by atoms with van der Waals surface area (Å²) in [6.45, 7) is 1.99. The molecule has 0 saturated carbocycles. The first-order chi connectivity index (χ1) is 8.77. The van der Waals surface area contributed by atoms with Gasteiger partial charge in [0.05, 0.1) is 6.10 Å². The lowest BCUT2D eigenvalue weighted by atomic mass is 9.91. The second-order valence-corrected chi connectivity index (χ2v) is 4.52. The van der Waals surface area contributed by atoms with Crippen molar-refractivity contribution in [3.63, 3.8) is 0 Å². The number of fused-ring (bicyclic) bond motifs is 1. The molecule has 0 spiro atoms. The molecular weight excluding hydrogens is 224 g/mol. The fourth-order valence-corrected chi connectivity index (χ4v) is 2.41. The van der Waals surface area contributed by atoms with E-state index in [1.165, 1.54) is 0 Å². The van der Waals surface area contributed by atoms with Crippen LogP contribution in [0.15, 0.2) is 54.6 Å². The number of rotatable bonds is 1. The minimum absolute atomic E-state index is 0.0508. The molecule has 2 aromatic carbocycles. The van der Waals surface area contributed by atoms with Crippen LogP contribution in [-0.2, 0) is 4.74 Å². The Hall–Kier alpha value is -1.93. The lowest BCUT2D eigenvalue weighted by Crippen LogP contribution is -2.25. The van der Waals surface area contributed by atoms with Crippen molar-refractivity contribution in [2.24, 2.45) is 0 Å². The Kier molecular flexibility index (Phi) is 2.73. The zero-order valence-corrected chi connectivity index (χ0v) is 10.2. The van der Waals surface area contributed by atoms with Gasteiger partial charge in [-0.1, -0.05) is 54.6 Å². The second kappa shape index (κ2) is 4.39. The predicted octanol–water partition coefficient (Wildman–Crippen LogP) is 3.70. The van der Waals surface area contributed by atoms with Gasteiger partial charge in [0.15, 0.2) is 5.78 Å². The summed E-state index contributed by atoms with van der Waals surface area (Å²) in [4.78, 5) is 12.4. The quantitative estimate of drug-likeness (QED) is 0.757. The third-order valence-corrected chi connectivity index (χ3v) is 3.34. The van der Waals surface area contributed by atoms with Crippen molar-refractivity contribution >= 4 is 5.78 Å². The summed E-state index contributed by atoms with van der Waals surface area (Å²) in [5.41, 5.74) is 2.68. The minimum atomic E-state index is -0.476. The van der Waals surface area contributed by atoms with E-state index in [0.717, 1.165) is 16.7 Å². The lowest BCUT2D eigenvalue weighted by Gasteiger charge is -2.29. The van der Waals surface area contributed by atoms with Gasteiger partial charge in [0.1, 0.15) is 6.10 Å². The largest absolute Gasteiger partial charge is 0.358 e. The van der Waals surface area contributed by atoms with Crippen LogP contribution in [0.1, 0.15) is 40.6 Å². The smallest absolute Gasteiger partial charge is 0.196 e. The number of hydrogen-bond acceptors (Lipinski definition) is 2. The first kappa shape index (κ1) is 11.2. The lowest BCUT2D eigenvalue weighted by molar-refractivity contribution is -0.00586. The molecule has 0 aromatic heterocycles. The number of Topliss-reactive ketones (excluding diaryl/α,β-unsaturated/α-hetero) is 1. The zero-order chi connectivity index (χ0) is 12.5. The molecular formula is C16H14O2. The summed E-state index contributed by atoms with van der Waals surface area (Å²) in [7, 11) is 0. The van der Waals surface area contributed by atoms with Crippen molar-refractivity contribution in [2.45, 2.75) is 19.1 Å². The number of benzene rings is 2. The van der Waals surface area contributed by atoms with Crippen molar-refractivity contribution in [3.8, 4) is 0 Å². The average Bonchev–Trinajstić information content (AvgIpc) is 2.44. The van der Waals surface area contributed by atoms with Crippen LogP contribution in [0, 0.1) is 0 Å². The van der Waals surface area contributed by atoms with E-state index in [2.05, 4.69) is 0 Å². The van der Waals surface area contributed by atoms with Crippen LogP contribution in [-0.4, -0.2) is 5.78 Å². The van der Waals surface area contributed by atoms with Crippen LogP contribution in [0.25, 0.3) is 0 Å². The van der Waals surface area contributed by atoms with Gasteiger partial charge in [0.2, 0.25) is 0 Å². The van der Waals surface area contributed by atoms with Gasteiger partial charge in [-0.25, -0.2) is 0 Å². The van der Waals surface area contributed by atoms with Crippen molar-refractivity contribution in [3.05, 3.63) is 71.3 Å².